The van der Waals surface area contributed by atoms with Gasteiger partial charge in [-0.1, -0.05) is 54.9 Å². The van der Waals surface area contributed by atoms with Crippen LogP contribution in [-0.4, -0.2) is 95.1 Å². The van der Waals surface area contributed by atoms with Crippen molar-refractivity contribution < 1.29 is 47.3 Å². The molecule has 340 valence electrons. The number of nitrogens with one attached hydrogen (secondary N) is 2. The molecule has 1 aliphatic carbocycles. The molecule has 0 unspecified atom stereocenters. The topological polar surface area (TPSA) is 191 Å². The van der Waals surface area contributed by atoms with Crippen molar-refractivity contribution in [3.8, 4) is 28.4 Å². The second-order valence-corrected chi connectivity index (χ2v) is 17.4. The highest BCUT2D eigenvalue weighted by atomic mass is 35.5. The van der Waals surface area contributed by atoms with E-state index in [4.69, 9.17) is 31.5 Å². The van der Waals surface area contributed by atoms with E-state index in [0.29, 0.717) is 61.4 Å². The third-order valence-electron chi connectivity index (χ3n) is 13.2. The van der Waals surface area contributed by atoms with Crippen LogP contribution in [0.25, 0.3) is 22.0 Å². The van der Waals surface area contributed by atoms with Gasteiger partial charge in [-0.25, -0.2) is 13.6 Å². The van der Waals surface area contributed by atoms with Gasteiger partial charge >= 0.3 is 6.03 Å². The highest BCUT2D eigenvalue weighted by Gasteiger charge is 2.50. The minimum atomic E-state index is -1.14. The maximum atomic E-state index is 16.4. The average molecular weight is 912 g/mol. The summed E-state index contributed by atoms with van der Waals surface area (Å²) in [6.07, 6.45) is 2.44. The average Bonchev–Trinajstić information content (AvgIpc) is 3.77. The van der Waals surface area contributed by atoms with Crippen LogP contribution in [0.3, 0.4) is 0 Å². The molecule has 65 heavy (non-hydrogen) atoms. The Balaban J connectivity index is 0.871. The lowest BCUT2D eigenvalue weighted by molar-refractivity contribution is -0.142. The quantitative estimate of drug-likeness (QED) is 0.110. The van der Waals surface area contributed by atoms with E-state index in [1.807, 2.05) is 60.4 Å². The van der Waals surface area contributed by atoms with E-state index >= 15 is 8.78 Å². The summed E-state index contributed by atoms with van der Waals surface area (Å²) in [6, 6.07) is 18.1. The number of benzene rings is 4. The van der Waals surface area contributed by atoms with Crippen LogP contribution in [0.4, 0.5) is 19.4 Å². The van der Waals surface area contributed by atoms with Gasteiger partial charge in [0.15, 0.2) is 23.0 Å². The summed E-state index contributed by atoms with van der Waals surface area (Å²) >= 11 is 6.69. The normalized spacial score (nSPS) is 22.0. The SMILES string of the molecule is C[C@H]1c2c(cc(F)c(Cl)c2-c2c(C(N)=O)ccc(OCCO)c2F)O[C@]1(CNC1CCN(C(=O)C2CC(Oc3cccc4c(N5CCC(=O)NC5=O)nn(C)c34)C2)CC1)c1ccccc1. The summed E-state index contributed by atoms with van der Waals surface area (Å²) in [4.78, 5) is 54.2. The van der Waals surface area contributed by atoms with Gasteiger partial charge in [-0.05, 0) is 55.5 Å². The number of ether oxygens (including phenoxy) is 3. The number of carbonyl (C=O) groups excluding carboxylic acids is 4. The van der Waals surface area contributed by atoms with Gasteiger partial charge in [0.05, 0.1) is 17.2 Å². The lowest BCUT2D eigenvalue weighted by atomic mass is 9.77. The molecule has 15 nitrogen and oxygen atoms in total. The van der Waals surface area contributed by atoms with Crippen LogP contribution < -0.4 is 35.5 Å². The highest BCUT2D eigenvalue weighted by molar-refractivity contribution is 6.34. The lowest BCUT2D eigenvalue weighted by Gasteiger charge is -2.41. The lowest BCUT2D eigenvalue weighted by Crippen LogP contribution is -2.53. The molecule has 3 aliphatic heterocycles. The summed E-state index contributed by atoms with van der Waals surface area (Å²) < 4.78 is 52.5. The van der Waals surface area contributed by atoms with Gasteiger partial charge in [-0.15, -0.1) is 0 Å². The van der Waals surface area contributed by atoms with Gasteiger partial charge in [0.2, 0.25) is 17.7 Å². The predicted molar refractivity (Wildman–Crippen MR) is 236 cm³/mol. The number of urea groups is 1. The number of fused-ring (bicyclic) bond motifs is 2. The number of primary amides is 1. The second kappa shape index (κ2) is 17.6. The number of hydrogen-bond donors (Lipinski definition) is 4. The number of nitrogens with zero attached hydrogens (tertiary/aromatic N) is 4. The van der Waals surface area contributed by atoms with E-state index in [9.17, 15) is 24.3 Å². The van der Waals surface area contributed by atoms with Crippen LogP contribution >= 0.6 is 11.6 Å². The molecule has 5 N–H and O–H groups in total. The van der Waals surface area contributed by atoms with E-state index in [0.717, 1.165) is 10.9 Å². The molecule has 5 aromatic rings. The third-order valence-corrected chi connectivity index (χ3v) is 13.6. The maximum absolute atomic E-state index is 16.4. The fourth-order valence-corrected chi connectivity index (χ4v) is 9.98. The summed E-state index contributed by atoms with van der Waals surface area (Å²) in [6.45, 7) is 2.82. The van der Waals surface area contributed by atoms with E-state index in [1.165, 1.54) is 23.1 Å². The van der Waals surface area contributed by atoms with Gasteiger partial charge in [-0.2, -0.15) is 5.10 Å². The number of piperidine rings is 1. The third kappa shape index (κ3) is 7.88. The molecule has 4 aromatic carbocycles. The first-order valence-electron chi connectivity index (χ1n) is 21.7. The van der Waals surface area contributed by atoms with Crippen molar-refractivity contribution in [2.45, 2.75) is 62.7 Å². The first-order chi connectivity index (χ1) is 31.3. The number of nitrogens with two attached hydrogens (primary N) is 1. The van der Waals surface area contributed by atoms with Crippen molar-refractivity contribution in [1.82, 2.24) is 25.3 Å². The Hall–Kier alpha value is -6.30. The number of aliphatic hydroxyl groups excluding tert-OH is 1. The Morgan fingerprint density at radius 2 is 1.78 bits per heavy atom. The number of hydrogen-bond acceptors (Lipinski definition) is 10. The van der Waals surface area contributed by atoms with E-state index < -0.39 is 46.7 Å². The standard InChI is InChI=1S/C47H48ClF2N7O8/c1-25-37-35(23-32(49)40(48)39(37)38-30(43(51)60)11-12-33(41(38)50)63-20-19-58)65-47(25,27-7-4-3-5-8-27)24-52-28-13-16-56(17-14-28)45(61)26-21-29(22-26)64-34-10-6-9-31-42(34)55(2)54-44(31)57-18-15-36(59)53-46(57)62/h3-12,23,25-26,28-29,52,58H,13-22,24H2,1-2H3,(H2,51,60)(H,53,59,62)/t25-,26?,29?,47-/m0/s1. The molecule has 3 fully saturated rings. The van der Waals surface area contributed by atoms with Gasteiger partial charge in [0.1, 0.15) is 35.5 Å². The zero-order valence-electron chi connectivity index (χ0n) is 35.7. The molecular weight excluding hydrogens is 864 g/mol. The van der Waals surface area contributed by atoms with E-state index in [2.05, 4.69) is 15.7 Å². The van der Waals surface area contributed by atoms with Crippen LogP contribution in [0, 0.1) is 17.6 Å². The predicted octanol–water partition coefficient (Wildman–Crippen LogP) is 5.92. The van der Waals surface area contributed by atoms with Gasteiger partial charge in [-0.3, -0.25) is 29.3 Å². The number of carbonyl (C=O) groups is 4. The van der Waals surface area contributed by atoms with Crippen molar-refractivity contribution in [2.75, 3.05) is 44.3 Å². The molecule has 4 heterocycles. The number of para-hydroxylation sites is 1. The molecule has 2 saturated heterocycles. The van der Waals surface area contributed by atoms with Gasteiger partial charge in [0, 0.05) is 85.7 Å². The van der Waals surface area contributed by atoms with Crippen LogP contribution in [0.5, 0.6) is 17.2 Å². The number of imide groups is 1. The molecular formula is C47H48ClF2N7O8. The van der Waals surface area contributed by atoms with Gasteiger partial charge in [0.25, 0.3) is 0 Å². The molecule has 1 aromatic heterocycles. The molecule has 0 radical (unpaired) electrons. The fraction of sp³-hybridized carbons (Fsp3) is 0.383. The summed E-state index contributed by atoms with van der Waals surface area (Å²) in [7, 11) is 1.77. The smallest absolute Gasteiger partial charge is 0.329 e. The van der Waals surface area contributed by atoms with Crippen molar-refractivity contribution >= 4 is 52.1 Å². The van der Waals surface area contributed by atoms with Gasteiger partial charge < -0.3 is 35.3 Å². The van der Waals surface area contributed by atoms with Crippen molar-refractivity contribution in [3.05, 3.63) is 100 Å². The Morgan fingerprint density at radius 1 is 1.03 bits per heavy atom. The van der Waals surface area contributed by atoms with E-state index in [1.54, 1.807) is 11.7 Å². The molecule has 2 atom stereocenters. The first kappa shape index (κ1) is 43.9. The molecule has 4 aliphatic rings. The minimum absolute atomic E-state index is 0.00328. The zero-order valence-corrected chi connectivity index (χ0v) is 36.5. The molecule has 18 heteroatoms. The molecule has 0 bridgehead atoms. The minimum Gasteiger partial charge on any atom is -0.488 e. The molecule has 1 saturated carbocycles. The Morgan fingerprint density at radius 3 is 2.49 bits per heavy atom. The molecule has 9 rings (SSSR count). The number of anilines is 1. The summed E-state index contributed by atoms with van der Waals surface area (Å²) in [5.74, 6) is -2.93. The number of likely N-dealkylation sites (tertiary alicyclic amines) is 1. The number of amides is 5. The monoisotopic (exact) mass is 911 g/mol. The van der Waals surface area contributed by atoms with Crippen LogP contribution in [-0.2, 0) is 22.2 Å². The zero-order chi connectivity index (χ0) is 45.7. The Labute approximate surface area is 377 Å². The second-order valence-electron chi connectivity index (χ2n) is 17.0. The van der Waals surface area contributed by atoms with Crippen molar-refractivity contribution in [3.63, 3.8) is 0 Å². The summed E-state index contributed by atoms with van der Waals surface area (Å²) in [5.41, 5.74) is 5.84. The first-order valence-corrected chi connectivity index (χ1v) is 22.1. The number of aliphatic hydroxyl groups is 1. The van der Waals surface area contributed by atoms with E-state index in [-0.39, 0.29) is 84.2 Å². The largest absolute Gasteiger partial charge is 0.488 e. The van der Waals surface area contributed by atoms with Crippen molar-refractivity contribution in [2.24, 2.45) is 18.7 Å². The molecule has 5 amide bonds. The maximum Gasteiger partial charge on any atom is 0.329 e. The Kier molecular flexibility index (Phi) is 11.9. The Bertz CT molecular complexity index is 2710. The van der Waals surface area contributed by atoms with Crippen molar-refractivity contribution in [1.29, 1.82) is 0 Å². The summed E-state index contributed by atoms with van der Waals surface area (Å²) in [5, 5.41) is 20.2. The number of aryl methyl sites for hydroxylation is 1. The highest BCUT2D eigenvalue weighted by Crippen LogP contribution is 2.56. The van der Waals surface area contributed by atoms with Crippen LogP contribution in [0.1, 0.15) is 66.4 Å². The van der Waals surface area contributed by atoms with Crippen LogP contribution in [0.15, 0.2) is 66.7 Å². The van der Waals surface area contributed by atoms with Crippen LogP contribution in [0.2, 0.25) is 5.02 Å². The molecule has 0 spiro atoms. The number of aromatic nitrogens is 2. The number of halogens is 3. The number of rotatable bonds is 13. The fourth-order valence-electron chi connectivity index (χ4n) is 9.73.